The van der Waals surface area contributed by atoms with E-state index in [2.05, 4.69) is 5.32 Å². The van der Waals surface area contributed by atoms with Crippen LogP contribution in [0.15, 0.2) is 40.8 Å². The number of nitrogens with two attached hydrogens (primary N) is 1. The van der Waals surface area contributed by atoms with Crippen molar-refractivity contribution in [3.63, 3.8) is 0 Å². The number of primary amides is 1. The molecule has 2 rings (SSSR count). The second-order valence-corrected chi connectivity index (χ2v) is 3.54. The molecule has 1 aromatic carbocycles. The lowest BCUT2D eigenvalue weighted by Gasteiger charge is -2.03. The lowest BCUT2D eigenvalue weighted by atomic mass is 10.2. The molecule has 0 aliphatic carbocycles. The second kappa shape index (κ2) is 4.62. The van der Waals surface area contributed by atoms with Crippen LogP contribution in [0.4, 0.5) is 11.6 Å². The van der Waals surface area contributed by atoms with Crippen LogP contribution in [-0.4, -0.2) is 17.0 Å². The van der Waals surface area contributed by atoms with Crippen LogP contribution in [0.1, 0.15) is 20.9 Å². The first-order valence-electron chi connectivity index (χ1n) is 5.06. The third-order valence-corrected chi connectivity index (χ3v) is 2.25. The molecule has 0 unspecified atom stereocenters. The Kier molecular flexibility index (Phi) is 3.01. The Morgan fingerprint density at radius 1 is 1.11 bits per heavy atom. The molecule has 0 bridgehead atoms. The summed E-state index contributed by atoms with van der Waals surface area (Å²) in [6.45, 7) is 0. The molecule has 1 heterocycles. The zero-order valence-electron chi connectivity index (χ0n) is 9.21. The number of carboxylic acid groups (broad SMARTS) is 1. The summed E-state index contributed by atoms with van der Waals surface area (Å²) in [6.07, 6.45) is 0. The van der Waals surface area contributed by atoms with Crippen LogP contribution < -0.4 is 11.1 Å². The van der Waals surface area contributed by atoms with Crippen molar-refractivity contribution in [3.8, 4) is 0 Å². The molecule has 1 amide bonds. The van der Waals surface area contributed by atoms with Crippen molar-refractivity contribution >= 4 is 23.4 Å². The molecular weight excluding hydrogens is 236 g/mol. The highest BCUT2D eigenvalue weighted by Gasteiger charge is 2.08. The Hall–Kier alpha value is -2.76. The van der Waals surface area contributed by atoms with Crippen LogP contribution in [0.3, 0.4) is 0 Å². The Morgan fingerprint density at radius 2 is 1.78 bits per heavy atom. The standard InChI is InChI=1S/C12H10N2O4/c13-11(15)7-1-3-8(4-2-7)14-10-6-5-9(18-10)12(16)17/h1-6,14H,(H2,13,15)(H,16,17). The quantitative estimate of drug-likeness (QED) is 0.763. The fraction of sp³-hybridized carbons (Fsp3) is 0. The summed E-state index contributed by atoms with van der Waals surface area (Å²) in [4.78, 5) is 21.5. The zero-order valence-corrected chi connectivity index (χ0v) is 9.21. The fourth-order valence-corrected chi connectivity index (χ4v) is 1.38. The molecule has 0 aliphatic rings. The summed E-state index contributed by atoms with van der Waals surface area (Å²) in [5, 5.41) is 11.6. The first kappa shape index (κ1) is 11.7. The van der Waals surface area contributed by atoms with Gasteiger partial charge in [0, 0.05) is 17.3 Å². The van der Waals surface area contributed by atoms with Gasteiger partial charge in [-0.25, -0.2) is 4.79 Å². The van der Waals surface area contributed by atoms with Gasteiger partial charge < -0.3 is 20.6 Å². The van der Waals surface area contributed by atoms with Crippen molar-refractivity contribution in [1.82, 2.24) is 0 Å². The van der Waals surface area contributed by atoms with Gasteiger partial charge in [-0.2, -0.15) is 0 Å². The number of anilines is 2. The third-order valence-electron chi connectivity index (χ3n) is 2.25. The van der Waals surface area contributed by atoms with E-state index < -0.39 is 11.9 Å². The van der Waals surface area contributed by atoms with Crippen LogP contribution in [-0.2, 0) is 0 Å². The van der Waals surface area contributed by atoms with Gasteiger partial charge in [0.15, 0.2) is 5.88 Å². The number of carbonyl (C=O) groups excluding carboxylic acids is 1. The minimum Gasteiger partial charge on any atom is -0.475 e. The number of aromatic carboxylic acids is 1. The zero-order chi connectivity index (χ0) is 13.1. The molecule has 0 radical (unpaired) electrons. The van der Waals surface area contributed by atoms with Crippen LogP contribution in [0.5, 0.6) is 0 Å². The molecule has 0 spiro atoms. The van der Waals surface area contributed by atoms with Crippen LogP contribution in [0.25, 0.3) is 0 Å². The average molecular weight is 246 g/mol. The van der Waals surface area contributed by atoms with Gasteiger partial charge in [0.1, 0.15) is 0 Å². The summed E-state index contributed by atoms with van der Waals surface area (Å²) in [6, 6.07) is 9.26. The van der Waals surface area contributed by atoms with Gasteiger partial charge in [0.2, 0.25) is 11.7 Å². The van der Waals surface area contributed by atoms with Gasteiger partial charge in [-0.15, -0.1) is 0 Å². The number of hydrogen-bond donors (Lipinski definition) is 3. The second-order valence-electron chi connectivity index (χ2n) is 3.54. The molecule has 4 N–H and O–H groups in total. The first-order valence-corrected chi connectivity index (χ1v) is 5.06. The highest BCUT2D eigenvalue weighted by Crippen LogP contribution is 2.19. The monoisotopic (exact) mass is 246 g/mol. The molecule has 0 saturated carbocycles. The van der Waals surface area contributed by atoms with Crippen molar-refractivity contribution in [2.45, 2.75) is 0 Å². The van der Waals surface area contributed by atoms with Gasteiger partial charge in [-0.3, -0.25) is 4.79 Å². The van der Waals surface area contributed by atoms with Crippen LogP contribution >= 0.6 is 0 Å². The molecule has 0 saturated heterocycles. The van der Waals surface area contributed by atoms with Gasteiger partial charge in [0.25, 0.3) is 0 Å². The lowest BCUT2D eigenvalue weighted by molar-refractivity contribution is 0.0663. The van der Waals surface area contributed by atoms with E-state index in [4.69, 9.17) is 15.3 Å². The maximum absolute atomic E-state index is 10.9. The summed E-state index contributed by atoms with van der Waals surface area (Å²) >= 11 is 0. The number of hydrogen-bond acceptors (Lipinski definition) is 4. The third kappa shape index (κ3) is 2.49. The first-order chi connectivity index (χ1) is 8.56. The largest absolute Gasteiger partial charge is 0.475 e. The van der Waals surface area contributed by atoms with Crippen molar-refractivity contribution in [1.29, 1.82) is 0 Å². The smallest absolute Gasteiger partial charge is 0.371 e. The van der Waals surface area contributed by atoms with Gasteiger partial charge in [-0.1, -0.05) is 0 Å². The van der Waals surface area contributed by atoms with E-state index in [-0.39, 0.29) is 5.76 Å². The Morgan fingerprint density at radius 3 is 2.28 bits per heavy atom. The molecular formula is C12H10N2O4. The molecule has 0 aliphatic heterocycles. The Labute approximate surface area is 102 Å². The van der Waals surface area contributed by atoms with Gasteiger partial charge in [-0.05, 0) is 30.3 Å². The number of rotatable bonds is 4. The number of carbonyl (C=O) groups is 2. The highest BCUT2D eigenvalue weighted by molar-refractivity contribution is 5.93. The predicted molar refractivity (Wildman–Crippen MR) is 63.9 cm³/mol. The molecule has 0 atom stereocenters. The van der Waals surface area contributed by atoms with E-state index >= 15 is 0 Å². The van der Waals surface area contributed by atoms with Crippen LogP contribution in [0, 0.1) is 0 Å². The Balaban J connectivity index is 2.13. The summed E-state index contributed by atoms with van der Waals surface area (Å²) < 4.78 is 5.02. The summed E-state index contributed by atoms with van der Waals surface area (Å²) in [7, 11) is 0. The molecule has 2 aromatic rings. The number of carboxylic acids is 1. The maximum Gasteiger partial charge on any atom is 0.371 e. The number of amides is 1. The SMILES string of the molecule is NC(=O)c1ccc(Nc2ccc(C(=O)O)o2)cc1. The van der Waals surface area contributed by atoms with E-state index in [1.807, 2.05) is 0 Å². The predicted octanol–water partition coefficient (Wildman–Crippen LogP) is 1.82. The van der Waals surface area contributed by atoms with Crippen molar-refractivity contribution in [2.75, 3.05) is 5.32 Å². The molecule has 6 heteroatoms. The van der Waals surface area contributed by atoms with Crippen molar-refractivity contribution in [3.05, 3.63) is 47.7 Å². The Bertz CT molecular complexity index is 586. The topological polar surface area (TPSA) is 106 Å². The summed E-state index contributed by atoms with van der Waals surface area (Å²) in [5.41, 5.74) is 6.16. The van der Waals surface area contributed by atoms with E-state index in [0.717, 1.165) is 0 Å². The van der Waals surface area contributed by atoms with E-state index in [1.165, 1.54) is 12.1 Å². The average Bonchev–Trinajstić information content (AvgIpc) is 2.78. The molecule has 6 nitrogen and oxygen atoms in total. The minimum absolute atomic E-state index is 0.147. The maximum atomic E-state index is 10.9. The number of nitrogens with one attached hydrogen (secondary N) is 1. The summed E-state index contributed by atoms with van der Waals surface area (Å²) in [5.74, 6) is -1.48. The number of benzene rings is 1. The highest BCUT2D eigenvalue weighted by atomic mass is 16.4. The van der Waals surface area contributed by atoms with Crippen molar-refractivity contribution < 1.29 is 19.1 Å². The van der Waals surface area contributed by atoms with Gasteiger partial charge in [0.05, 0.1) is 0 Å². The lowest BCUT2D eigenvalue weighted by Crippen LogP contribution is -2.10. The molecule has 92 valence electrons. The van der Waals surface area contributed by atoms with Gasteiger partial charge >= 0.3 is 5.97 Å². The molecule has 1 aromatic heterocycles. The molecule has 0 fully saturated rings. The number of furan rings is 1. The van der Waals surface area contributed by atoms with E-state index in [0.29, 0.717) is 17.1 Å². The molecule has 18 heavy (non-hydrogen) atoms. The van der Waals surface area contributed by atoms with Crippen molar-refractivity contribution in [2.24, 2.45) is 5.73 Å². The minimum atomic E-state index is -1.13. The van der Waals surface area contributed by atoms with E-state index in [1.54, 1.807) is 24.3 Å². The van der Waals surface area contributed by atoms with E-state index in [9.17, 15) is 9.59 Å². The van der Waals surface area contributed by atoms with Crippen LogP contribution in [0.2, 0.25) is 0 Å². The fourth-order valence-electron chi connectivity index (χ4n) is 1.38. The normalized spacial score (nSPS) is 10.0.